The SMILES string of the molecule is CCCCCCCC(=O)N[C@H](CC(N)=O)C(=O)NCCc1cncs1. The molecule has 1 heterocycles. The van der Waals surface area contributed by atoms with Gasteiger partial charge in [0.05, 0.1) is 11.9 Å². The maximum absolute atomic E-state index is 12.2. The molecule has 0 spiro atoms. The zero-order valence-electron chi connectivity index (χ0n) is 14.8. The summed E-state index contributed by atoms with van der Waals surface area (Å²) in [5.74, 6) is -1.23. The van der Waals surface area contributed by atoms with E-state index < -0.39 is 11.9 Å². The van der Waals surface area contributed by atoms with Gasteiger partial charge in [-0.15, -0.1) is 11.3 Å². The van der Waals surface area contributed by atoms with Crippen molar-refractivity contribution < 1.29 is 14.4 Å². The van der Waals surface area contributed by atoms with E-state index in [9.17, 15) is 14.4 Å². The minimum atomic E-state index is -0.915. The molecule has 0 bridgehead atoms. The summed E-state index contributed by atoms with van der Waals surface area (Å²) in [5, 5.41) is 5.35. The fourth-order valence-corrected chi connectivity index (χ4v) is 2.96. The number of hydrogen-bond donors (Lipinski definition) is 3. The van der Waals surface area contributed by atoms with Gasteiger partial charge in [-0.25, -0.2) is 0 Å². The van der Waals surface area contributed by atoms with Gasteiger partial charge in [-0.1, -0.05) is 32.6 Å². The lowest BCUT2D eigenvalue weighted by Gasteiger charge is -2.17. The van der Waals surface area contributed by atoms with Crippen LogP contribution in [0.4, 0.5) is 0 Å². The van der Waals surface area contributed by atoms with E-state index in [0.717, 1.165) is 37.0 Å². The minimum Gasteiger partial charge on any atom is -0.370 e. The Morgan fingerprint density at radius 3 is 2.64 bits per heavy atom. The third-order valence-electron chi connectivity index (χ3n) is 3.72. The van der Waals surface area contributed by atoms with Gasteiger partial charge in [-0.05, 0) is 6.42 Å². The van der Waals surface area contributed by atoms with Crippen molar-refractivity contribution in [3.05, 3.63) is 16.6 Å². The van der Waals surface area contributed by atoms with E-state index in [4.69, 9.17) is 5.73 Å². The van der Waals surface area contributed by atoms with Crippen molar-refractivity contribution in [3.8, 4) is 0 Å². The summed E-state index contributed by atoms with van der Waals surface area (Å²) in [5.41, 5.74) is 6.92. The molecule has 0 saturated heterocycles. The molecule has 25 heavy (non-hydrogen) atoms. The lowest BCUT2D eigenvalue weighted by molar-refractivity contribution is -0.131. The molecule has 0 saturated carbocycles. The zero-order valence-corrected chi connectivity index (χ0v) is 15.6. The zero-order chi connectivity index (χ0) is 18.5. The van der Waals surface area contributed by atoms with Gasteiger partial charge in [0.1, 0.15) is 6.04 Å². The summed E-state index contributed by atoms with van der Waals surface area (Å²) >= 11 is 1.51. The summed E-state index contributed by atoms with van der Waals surface area (Å²) in [6.45, 7) is 2.55. The van der Waals surface area contributed by atoms with Crippen molar-refractivity contribution in [2.45, 2.75) is 64.3 Å². The smallest absolute Gasteiger partial charge is 0.243 e. The van der Waals surface area contributed by atoms with Gasteiger partial charge >= 0.3 is 0 Å². The van der Waals surface area contributed by atoms with E-state index in [1.54, 1.807) is 11.7 Å². The van der Waals surface area contributed by atoms with E-state index in [1.807, 2.05) is 0 Å². The van der Waals surface area contributed by atoms with Crippen LogP contribution in [0.5, 0.6) is 0 Å². The van der Waals surface area contributed by atoms with Crippen molar-refractivity contribution in [1.82, 2.24) is 15.6 Å². The van der Waals surface area contributed by atoms with Gasteiger partial charge in [0.2, 0.25) is 17.7 Å². The predicted molar refractivity (Wildman–Crippen MR) is 97.9 cm³/mol. The molecule has 0 aliphatic heterocycles. The molecule has 0 aliphatic rings. The van der Waals surface area contributed by atoms with Crippen molar-refractivity contribution in [1.29, 1.82) is 0 Å². The highest BCUT2D eigenvalue weighted by Gasteiger charge is 2.22. The van der Waals surface area contributed by atoms with Crippen LogP contribution in [0.1, 0.15) is 56.7 Å². The number of carbonyl (C=O) groups excluding carboxylic acids is 3. The highest BCUT2D eigenvalue weighted by molar-refractivity contribution is 7.09. The van der Waals surface area contributed by atoms with Crippen molar-refractivity contribution in [2.75, 3.05) is 6.54 Å². The first kappa shape index (κ1) is 21.1. The summed E-state index contributed by atoms with van der Waals surface area (Å²) in [4.78, 5) is 40.4. The average molecular weight is 369 g/mol. The van der Waals surface area contributed by atoms with Crippen LogP contribution in [-0.2, 0) is 20.8 Å². The Morgan fingerprint density at radius 2 is 2.00 bits per heavy atom. The van der Waals surface area contributed by atoms with Gasteiger partial charge in [-0.2, -0.15) is 0 Å². The number of aromatic nitrogens is 1. The maximum atomic E-state index is 12.2. The molecule has 0 unspecified atom stereocenters. The van der Waals surface area contributed by atoms with E-state index in [-0.39, 0.29) is 18.2 Å². The third kappa shape index (κ3) is 9.81. The quantitative estimate of drug-likeness (QED) is 0.458. The van der Waals surface area contributed by atoms with Crippen molar-refractivity contribution >= 4 is 29.1 Å². The molecule has 4 N–H and O–H groups in total. The Hall–Kier alpha value is -1.96. The monoisotopic (exact) mass is 368 g/mol. The Bertz CT molecular complexity index is 534. The molecule has 0 aromatic carbocycles. The van der Waals surface area contributed by atoms with Crippen LogP contribution in [-0.4, -0.2) is 35.3 Å². The first-order chi connectivity index (χ1) is 12.0. The molecule has 140 valence electrons. The van der Waals surface area contributed by atoms with Crippen LogP contribution in [0.25, 0.3) is 0 Å². The second-order valence-corrected chi connectivity index (χ2v) is 6.93. The number of carbonyl (C=O) groups is 3. The summed E-state index contributed by atoms with van der Waals surface area (Å²) in [6.07, 6.45) is 7.74. The largest absolute Gasteiger partial charge is 0.370 e. The second kappa shape index (κ2) is 12.4. The number of thiazole rings is 1. The molecule has 0 radical (unpaired) electrons. The van der Waals surface area contributed by atoms with E-state index in [2.05, 4.69) is 22.5 Å². The number of hydrogen-bond acceptors (Lipinski definition) is 5. The van der Waals surface area contributed by atoms with Crippen LogP contribution in [0, 0.1) is 0 Å². The van der Waals surface area contributed by atoms with E-state index in [1.165, 1.54) is 11.3 Å². The molecule has 1 rings (SSSR count). The molecular weight excluding hydrogens is 340 g/mol. The van der Waals surface area contributed by atoms with Crippen molar-refractivity contribution in [3.63, 3.8) is 0 Å². The fourth-order valence-electron chi connectivity index (χ4n) is 2.36. The minimum absolute atomic E-state index is 0.200. The van der Waals surface area contributed by atoms with Gasteiger partial charge in [0.15, 0.2) is 0 Å². The summed E-state index contributed by atoms with van der Waals surface area (Å²) < 4.78 is 0. The first-order valence-electron chi connectivity index (χ1n) is 8.75. The normalized spacial score (nSPS) is 11.7. The Balaban J connectivity index is 2.36. The van der Waals surface area contributed by atoms with Gasteiger partial charge in [-0.3, -0.25) is 19.4 Å². The van der Waals surface area contributed by atoms with Crippen LogP contribution in [0.3, 0.4) is 0 Å². The van der Waals surface area contributed by atoms with Gasteiger partial charge < -0.3 is 16.4 Å². The first-order valence-corrected chi connectivity index (χ1v) is 9.63. The molecule has 3 amide bonds. The van der Waals surface area contributed by atoms with Gasteiger partial charge in [0.25, 0.3) is 0 Å². The molecule has 7 nitrogen and oxygen atoms in total. The molecule has 8 heteroatoms. The molecule has 1 aromatic heterocycles. The van der Waals surface area contributed by atoms with E-state index >= 15 is 0 Å². The molecule has 1 atom stereocenters. The number of primary amides is 1. The standard InChI is InChI=1S/C17H28N4O3S/c1-2-3-4-5-6-7-16(23)21-14(10-15(18)22)17(24)20-9-8-13-11-19-12-25-13/h11-12,14H,2-10H2,1H3,(H2,18,22)(H,20,24)(H,21,23)/t14-/m1/s1. The number of nitrogens with two attached hydrogens (primary N) is 1. The molecule has 1 aromatic rings. The summed E-state index contributed by atoms with van der Waals surface area (Å²) in [7, 11) is 0. The number of nitrogens with zero attached hydrogens (tertiary/aromatic N) is 1. The average Bonchev–Trinajstić information content (AvgIpc) is 3.07. The van der Waals surface area contributed by atoms with Crippen LogP contribution in [0.15, 0.2) is 11.7 Å². The lowest BCUT2D eigenvalue weighted by Crippen LogP contribution is -2.48. The van der Waals surface area contributed by atoms with Crippen LogP contribution in [0.2, 0.25) is 0 Å². The topological polar surface area (TPSA) is 114 Å². The highest BCUT2D eigenvalue weighted by atomic mass is 32.1. The van der Waals surface area contributed by atoms with Crippen LogP contribution >= 0.6 is 11.3 Å². The maximum Gasteiger partial charge on any atom is 0.243 e. The number of unbranched alkanes of at least 4 members (excludes halogenated alkanes) is 4. The lowest BCUT2D eigenvalue weighted by atomic mass is 10.1. The molecule has 0 fully saturated rings. The fraction of sp³-hybridized carbons (Fsp3) is 0.647. The van der Waals surface area contributed by atoms with Crippen LogP contribution < -0.4 is 16.4 Å². The van der Waals surface area contributed by atoms with Crippen molar-refractivity contribution in [2.24, 2.45) is 5.73 Å². The Labute approximate surface area is 152 Å². The highest BCUT2D eigenvalue weighted by Crippen LogP contribution is 2.06. The van der Waals surface area contributed by atoms with E-state index in [0.29, 0.717) is 19.4 Å². The Morgan fingerprint density at radius 1 is 1.24 bits per heavy atom. The number of nitrogens with one attached hydrogen (secondary N) is 2. The molecule has 0 aliphatic carbocycles. The molecular formula is C17H28N4O3S. The Kier molecular flexibility index (Phi) is 10.5. The third-order valence-corrected chi connectivity index (χ3v) is 4.56. The number of amides is 3. The van der Waals surface area contributed by atoms with Gasteiger partial charge in [0, 0.05) is 30.5 Å². The second-order valence-electron chi connectivity index (χ2n) is 5.96. The summed E-state index contributed by atoms with van der Waals surface area (Å²) in [6, 6.07) is -0.915. The number of rotatable bonds is 13. The predicted octanol–water partition coefficient (Wildman–Crippen LogP) is 1.52.